The molecule has 1 atom stereocenters. The van der Waals surface area contributed by atoms with Gasteiger partial charge < -0.3 is 34.1 Å². The standard InChI is InChI=1S/C40H46F3N5O8/c1-26-7-8-28(23-31(26)40(41,42)43)46-24-39(2,3)47(25-46)27-9-11-29(12-10-27)56-22-21-55-20-19-54-18-17-53-16-15-44-32-6-4-5-30-35(32)38(52)48(37(30)51)33-13-14-34(49)45-36(33)50/h4-12,23,33,44H,13-22,24-25H2,1-3H3,(H,45,49,50). The highest BCUT2D eigenvalue weighted by Gasteiger charge is 2.45. The second-order valence-electron chi connectivity index (χ2n) is 14.4. The number of anilines is 3. The lowest BCUT2D eigenvalue weighted by atomic mass is 10.0. The van der Waals surface area contributed by atoms with E-state index in [1.807, 2.05) is 29.2 Å². The van der Waals surface area contributed by atoms with Crippen molar-refractivity contribution in [3.8, 4) is 5.75 Å². The second kappa shape index (κ2) is 17.3. The van der Waals surface area contributed by atoms with E-state index in [0.29, 0.717) is 83.1 Å². The van der Waals surface area contributed by atoms with E-state index in [0.717, 1.165) is 10.6 Å². The maximum Gasteiger partial charge on any atom is 0.416 e. The number of rotatable bonds is 17. The molecule has 3 aliphatic heterocycles. The molecule has 13 nitrogen and oxygen atoms in total. The van der Waals surface area contributed by atoms with Crippen LogP contribution in [0.25, 0.3) is 0 Å². The number of hydrogen-bond donors (Lipinski definition) is 2. The SMILES string of the molecule is Cc1ccc(N2CN(c3ccc(OCCOCCOCCOCCNc4cccc5c4C(=O)N(C4CCC(=O)NC4=O)C5=O)cc3)C(C)(C)C2)cc1C(F)(F)F. The molecule has 2 fully saturated rings. The van der Waals surface area contributed by atoms with E-state index < -0.39 is 41.4 Å². The van der Waals surface area contributed by atoms with Crippen LogP contribution in [0.1, 0.15) is 58.5 Å². The van der Waals surface area contributed by atoms with Gasteiger partial charge in [0.15, 0.2) is 0 Å². The van der Waals surface area contributed by atoms with E-state index in [4.69, 9.17) is 18.9 Å². The summed E-state index contributed by atoms with van der Waals surface area (Å²) in [5.41, 5.74) is 1.61. The van der Waals surface area contributed by atoms with Crippen LogP contribution in [0.4, 0.5) is 30.2 Å². The third-order valence-corrected chi connectivity index (χ3v) is 9.93. The van der Waals surface area contributed by atoms with Crippen LogP contribution in [-0.2, 0) is 30.0 Å². The highest BCUT2D eigenvalue weighted by molar-refractivity contribution is 6.25. The third-order valence-electron chi connectivity index (χ3n) is 9.93. The minimum Gasteiger partial charge on any atom is -0.491 e. The summed E-state index contributed by atoms with van der Waals surface area (Å²) in [5, 5.41) is 5.32. The van der Waals surface area contributed by atoms with Crippen LogP contribution in [0.3, 0.4) is 0 Å². The monoisotopic (exact) mass is 781 g/mol. The van der Waals surface area contributed by atoms with Crippen molar-refractivity contribution in [2.75, 3.05) is 81.1 Å². The Hall–Kier alpha value is -5.19. The average Bonchev–Trinajstić information content (AvgIpc) is 3.61. The highest BCUT2D eigenvalue weighted by atomic mass is 19.4. The number of carbonyl (C=O) groups excluding carboxylic acids is 4. The van der Waals surface area contributed by atoms with Crippen molar-refractivity contribution in [3.63, 3.8) is 0 Å². The van der Waals surface area contributed by atoms with Gasteiger partial charge in [-0.15, -0.1) is 0 Å². The van der Waals surface area contributed by atoms with Crippen molar-refractivity contribution < 1.29 is 51.3 Å². The van der Waals surface area contributed by atoms with Crippen molar-refractivity contribution in [2.45, 2.75) is 51.4 Å². The first kappa shape index (κ1) is 40.5. The zero-order chi connectivity index (χ0) is 40.0. The molecule has 2 saturated heterocycles. The number of halogens is 3. The minimum atomic E-state index is -4.40. The largest absolute Gasteiger partial charge is 0.491 e. The average molecular weight is 782 g/mol. The van der Waals surface area contributed by atoms with Crippen LogP contribution in [0.2, 0.25) is 0 Å². The summed E-state index contributed by atoms with van der Waals surface area (Å²) < 4.78 is 63.2. The minimum absolute atomic E-state index is 0.0526. The molecule has 0 aliphatic carbocycles. The first-order valence-electron chi connectivity index (χ1n) is 18.5. The third kappa shape index (κ3) is 9.25. The zero-order valence-corrected chi connectivity index (χ0v) is 31.6. The summed E-state index contributed by atoms with van der Waals surface area (Å²) in [5.74, 6) is -1.55. The van der Waals surface area contributed by atoms with Gasteiger partial charge in [-0.05, 0) is 81.3 Å². The molecule has 0 spiro atoms. The van der Waals surface area contributed by atoms with E-state index in [9.17, 15) is 32.3 Å². The molecule has 3 aromatic rings. The summed E-state index contributed by atoms with van der Waals surface area (Å²) in [6, 6.07) is 16.0. The summed E-state index contributed by atoms with van der Waals surface area (Å²) in [4.78, 5) is 55.1. The molecule has 4 amide bonds. The highest BCUT2D eigenvalue weighted by Crippen LogP contribution is 2.38. The molecule has 1 unspecified atom stereocenters. The quantitative estimate of drug-likeness (QED) is 0.141. The number of carbonyl (C=O) groups is 4. The molecule has 56 heavy (non-hydrogen) atoms. The Morgan fingerprint density at radius 2 is 1.50 bits per heavy atom. The van der Waals surface area contributed by atoms with Gasteiger partial charge in [0.1, 0.15) is 18.4 Å². The van der Waals surface area contributed by atoms with E-state index in [1.54, 1.807) is 24.3 Å². The predicted molar refractivity (Wildman–Crippen MR) is 201 cm³/mol. The van der Waals surface area contributed by atoms with Gasteiger partial charge in [0.2, 0.25) is 11.8 Å². The van der Waals surface area contributed by atoms with Gasteiger partial charge in [-0.2, -0.15) is 13.2 Å². The zero-order valence-electron chi connectivity index (χ0n) is 31.6. The Balaban J connectivity index is 0.826. The van der Waals surface area contributed by atoms with Crippen molar-refractivity contribution in [1.29, 1.82) is 0 Å². The molecule has 0 radical (unpaired) electrons. The molecular formula is C40H46F3N5O8. The molecule has 0 saturated carbocycles. The number of nitrogens with zero attached hydrogens (tertiary/aromatic N) is 3. The maximum atomic E-state index is 13.5. The molecule has 6 rings (SSSR count). The van der Waals surface area contributed by atoms with Crippen molar-refractivity contribution >= 4 is 40.7 Å². The van der Waals surface area contributed by atoms with Gasteiger partial charge in [-0.25, -0.2) is 0 Å². The van der Waals surface area contributed by atoms with Crippen LogP contribution < -0.4 is 25.2 Å². The number of nitrogens with one attached hydrogen (secondary N) is 2. The number of ether oxygens (including phenoxy) is 4. The van der Waals surface area contributed by atoms with Crippen molar-refractivity contribution in [3.05, 3.63) is 82.9 Å². The fraction of sp³-hybridized carbons (Fsp3) is 0.450. The van der Waals surface area contributed by atoms with Gasteiger partial charge >= 0.3 is 6.18 Å². The molecule has 3 heterocycles. The first-order chi connectivity index (χ1) is 26.7. The maximum absolute atomic E-state index is 13.5. The van der Waals surface area contributed by atoms with Gasteiger partial charge in [-0.1, -0.05) is 12.1 Å². The van der Waals surface area contributed by atoms with Crippen LogP contribution in [0.5, 0.6) is 5.75 Å². The summed E-state index contributed by atoms with van der Waals surface area (Å²) in [6.07, 6.45) is -4.26. The summed E-state index contributed by atoms with van der Waals surface area (Å²) in [6.45, 7) is 9.44. The van der Waals surface area contributed by atoms with Gasteiger partial charge in [-0.3, -0.25) is 29.4 Å². The fourth-order valence-corrected chi connectivity index (χ4v) is 7.08. The summed E-state index contributed by atoms with van der Waals surface area (Å²) in [7, 11) is 0. The molecule has 3 aromatic carbocycles. The molecular weight excluding hydrogens is 735 g/mol. The number of imide groups is 2. The lowest BCUT2D eigenvalue weighted by Gasteiger charge is -2.31. The van der Waals surface area contributed by atoms with Gasteiger partial charge in [0.05, 0.1) is 68.5 Å². The smallest absolute Gasteiger partial charge is 0.416 e. The van der Waals surface area contributed by atoms with Crippen LogP contribution in [0, 0.1) is 6.92 Å². The predicted octanol–water partition coefficient (Wildman–Crippen LogP) is 5.02. The number of aryl methyl sites for hydroxylation is 1. The second-order valence-corrected chi connectivity index (χ2v) is 14.4. The lowest BCUT2D eigenvalue weighted by Crippen LogP contribution is -2.54. The number of benzene rings is 3. The first-order valence-corrected chi connectivity index (χ1v) is 18.5. The van der Waals surface area contributed by atoms with Crippen LogP contribution >= 0.6 is 0 Å². The van der Waals surface area contributed by atoms with Gasteiger partial charge in [0, 0.05) is 36.6 Å². The van der Waals surface area contributed by atoms with Gasteiger partial charge in [0.25, 0.3) is 11.8 Å². The summed E-state index contributed by atoms with van der Waals surface area (Å²) >= 11 is 0. The Morgan fingerprint density at radius 1 is 0.839 bits per heavy atom. The fourth-order valence-electron chi connectivity index (χ4n) is 7.08. The molecule has 0 bridgehead atoms. The number of fused-ring (bicyclic) bond motifs is 1. The number of piperidine rings is 1. The molecule has 16 heteroatoms. The topological polar surface area (TPSA) is 139 Å². The van der Waals surface area contributed by atoms with E-state index in [2.05, 4.69) is 29.4 Å². The molecule has 3 aliphatic rings. The number of amides is 4. The Morgan fingerprint density at radius 3 is 2.18 bits per heavy atom. The van der Waals surface area contributed by atoms with Crippen LogP contribution in [0.15, 0.2) is 60.7 Å². The molecule has 0 aromatic heterocycles. The lowest BCUT2D eigenvalue weighted by molar-refractivity contribution is -0.138. The van der Waals surface area contributed by atoms with Crippen molar-refractivity contribution in [2.24, 2.45) is 0 Å². The van der Waals surface area contributed by atoms with Crippen LogP contribution in [-0.4, -0.2) is 106 Å². The normalized spacial score (nSPS) is 18.1. The Bertz CT molecular complexity index is 1920. The Labute approximate surface area is 323 Å². The van der Waals surface area contributed by atoms with E-state index >= 15 is 0 Å². The number of hydrogen-bond acceptors (Lipinski definition) is 11. The Kier molecular flexibility index (Phi) is 12.5. The number of alkyl halides is 3. The van der Waals surface area contributed by atoms with Crippen molar-refractivity contribution in [1.82, 2.24) is 10.2 Å². The molecule has 300 valence electrons. The van der Waals surface area contributed by atoms with E-state index in [-0.39, 0.29) is 35.1 Å². The molecule has 2 N–H and O–H groups in total. The van der Waals surface area contributed by atoms with E-state index in [1.165, 1.54) is 19.1 Å².